The van der Waals surface area contributed by atoms with Crippen molar-refractivity contribution in [1.82, 2.24) is 4.90 Å². The van der Waals surface area contributed by atoms with Gasteiger partial charge in [-0.25, -0.2) is 0 Å². The van der Waals surface area contributed by atoms with Gasteiger partial charge in [-0.1, -0.05) is 46.0 Å². The van der Waals surface area contributed by atoms with Gasteiger partial charge in [0.1, 0.15) is 0 Å². The van der Waals surface area contributed by atoms with Crippen molar-refractivity contribution in [2.45, 2.75) is 52.4 Å². The Labute approximate surface area is 101 Å². The van der Waals surface area contributed by atoms with E-state index in [9.17, 15) is 5.11 Å². The lowest BCUT2D eigenvalue weighted by molar-refractivity contribution is 0.111. The van der Waals surface area contributed by atoms with Crippen LogP contribution in [0.5, 0.6) is 0 Å². The maximum absolute atomic E-state index is 9.23. The lowest BCUT2D eigenvalue weighted by Crippen LogP contribution is -2.35. The van der Waals surface area contributed by atoms with E-state index < -0.39 is 0 Å². The second kappa shape index (κ2) is 6.61. The molecule has 96 valence electrons. The lowest BCUT2D eigenvalue weighted by atomic mass is 9.86. The van der Waals surface area contributed by atoms with Gasteiger partial charge in [-0.15, -0.1) is 0 Å². The van der Waals surface area contributed by atoms with Crippen molar-refractivity contribution in [2.75, 3.05) is 26.7 Å². The van der Waals surface area contributed by atoms with Crippen LogP contribution in [0.15, 0.2) is 0 Å². The van der Waals surface area contributed by atoms with Crippen molar-refractivity contribution >= 4 is 0 Å². The van der Waals surface area contributed by atoms with Gasteiger partial charge >= 0.3 is 0 Å². The van der Waals surface area contributed by atoms with Crippen LogP contribution < -0.4 is 0 Å². The third kappa shape index (κ3) is 5.31. The first kappa shape index (κ1) is 14.0. The fourth-order valence-electron chi connectivity index (χ4n) is 2.74. The van der Waals surface area contributed by atoms with Crippen molar-refractivity contribution in [1.29, 1.82) is 0 Å². The molecule has 16 heavy (non-hydrogen) atoms. The number of nitrogens with zero attached hydrogens (tertiary/aromatic N) is 1. The zero-order chi connectivity index (χ0) is 12.0. The average molecular weight is 227 g/mol. The molecule has 1 aliphatic rings. The molecule has 1 rings (SSSR count). The number of rotatable bonds is 6. The highest BCUT2D eigenvalue weighted by Gasteiger charge is 2.20. The number of aliphatic hydroxyl groups is 1. The number of aliphatic hydroxyl groups excluding tert-OH is 1. The second-order valence-electron chi connectivity index (χ2n) is 6.35. The summed E-state index contributed by atoms with van der Waals surface area (Å²) in [4.78, 5) is 2.38. The van der Waals surface area contributed by atoms with Crippen LogP contribution in [-0.2, 0) is 0 Å². The normalized spacial score (nSPS) is 19.3. The lowest BCUT2D eigenvalue weighted by Gasteiger charge is -2.30. The van der Waals surface area contributed by atoms with Crippen LogP contribution in [0.4, 0.5) is 0 Å². The highest BCUT2D eigenvalue weighted by molar-refractivity contribution is 4.73. The zero-order valence-corrected chi connectivity index (χ0v) is 11.3. The summed E-state index contributed by atoms with van der Waals surface area (Å²) in [6.07, 6.45) is 8.56. The molecule has 0 atom stereocenters. The standard InChI is InChI=1S/C14H29NO/c1-14(2,12-16)11-15(3)10-9-13-7-5-4-6-8-13/h13,16H,4-12H2,1-3H3. The Morgan fingerprint density at radius 1 is 1.19 bits per heavy atom. The molecule has 1 fully saturated rings. The highest BCUT2D eigenvalue weighted by atomic mass is 16.3. The topological polar surface area (TPSA) is 23.5 Å². The van der Waals surface area contributed by atoms with Crippen LogP contribution in [-0.4, -0.2) is 36.8 Å². The molecular formula is C14H29NO. The van der Waals surface area contributed by atoms with E-state index in [2.05, 4.69) is 25.8 Å². The Balaban J connectivity index is 2.16. The van der Waals surface area contributed by atoms with Crippen molar-refractivity contribution < 1.29 is 5.11 Å². The molecule has 0 aliphatic heterocycles. The van der Waals surface area contributed by atoms with Gasteiger partial charge in [-0.05, 0) is 25.9 Å². The number of hydrogen-bond donors (Lipinski definition) is 1. The zero-order valence-electron chi connectivity index (χ0n) is 11.3. The van der Waals surface area contributed by atoms with Crippen LogP contribution in [0, 0.1) is 11.3 Å². The van der Waals surface area contributed by atoms with Crippen molar-refractivity contribution in [3.63, 3.8) is 0 Å². The van der Waals surface area contributed by atoms with E-state index in [1.807, 2.05) is 0 Å². The van der Waals surface area contributed by atoms with E-state index >= 15 is 0 Å². The summed E-state index contributed by atoms with van der Waals surface area (Å²) in [5, 5.41) is 9.23. The van der Waals surface area contributed by atoms with E-state index in [1.54, 1.807) is 0 Å². The maximum Gasteiger partial charge on any atom is 0.0494 e. The smallest absolute Gasteiger partial charge is 0.0494 e. The summed E-state index contributed by atoms with van der Waals surface area (Å²) in [5.41, 5.74) is 0.0430. The third-order valence-electron chi connectivity index (χ3n) is 3.77. The first-order valence-corrected chi connectivity index (χ1v) is 6.83. The second-order valence-corrected chi connectivity index (χ2v) is 6.35. The van der Waals surface area contributed by atoms with Gasteiger partial charge in [-0.2, -0.15) is 0 Å². The highest BCUT2D eigenvalue weighted by Crippen LogP contribution is 2.26. The van der Waals surface area contributed by atoms with Crippen LogP contribution in [0.3, 0.4) is 0 Å². The van der Waals surface area contributed by atoms with E-state index in [0.717, 1.165) is 12.5 Å². The molecule has 0 unspecified atom stereocenters. The fraction of sp³-hybridized carbons (Fsp3) is 1.00. The summed E-state index contributed by atoms with van der Waals surface area (Å²) < 4.78 is 0. The Morgan fingerprint density at radius 2 is 1.81 bits per heavy atom. The summed E-state index contributed by atoms with van der Waals surface area (Å²) in [6, 6.07) is 0. The largest absolute Gasteiger partial charge is 0.396 e. The SMILES string of the molecule is CN(CCC1CCCCC1)CC(C)(C)CO. The Kier molecular flexibility index (Phi) is 5.77. The molecule has 0 aromatic rings. The third-order valence-corrected chi connectivity index (χ3v) is 3.77. The molecule has 1 aliphatic carbocycles. The predicted octanol–water partition coefficient (Wildman–Crippen LogP) is 2.91. The molecule has 0 amide bonds. The quantitative estimate of drug-likeness (QED) is 0.754. The molecule has 2 nitrogen and oxygen atoms in total. The summed E-state index contributed by atoms with van der Waals surface area (Å²) in [5.74, 6) is 0.966. The Bertz CT molecular complexity index is 185. The van der Waals surface area contributed by atoms with Crippen LogP contribution in [0.25, 0.3) is 0 Å². The first-order valence-electron chi connectivity index (χ1n) is 6.83. The molecule has 1 saturated carbocycles. The van der Waals surface area contributed by atoms with Crippen molar-refractivity contribution in [3.05, 3.63) is 0 Å². The van der Waals surface area contributed by atoms with Gasteiger partial charge in [0.15, 0.2) is 0 Å². The average Bonchev–Trinajstić information content (AvgIpc) is 2.27. The van der Waals surface area contributed by atoms with Crippen LogP contribution >= 0.6 is 0 Å². The van der Waals surface area contributed by atoms with E-state index in [1.165, 1.54) is 45.1 Å². The van der Waals surface area contributed by atoms with Crippen LogP contribution in [0.1, 0.15) is 52.4 Å². The van der Waals surface area contributed by atoms with Gasteiger partial charge in [0, 0.05) is 18.6 Å². The molecule has 0 radical (unpaired) electrons. The Morgan fingerprint density at radius 3 is 2.38 bits per heavy atom. The van der Waals surface area contributed by atoms with E-state index in [-0.39, 0.29) is 12.0 Å². The van der Waals surface area contributed by atoms with Crippen molar-refractivity contribution in [3.8, 4) is 0 Å². The minimum atomic E-state index is 0.0430. The molecule has 2 heteroatoms. The monoisotopic (exact) mass is 227 g/mol. The first-order chi connectivity index (χ1) is 7.53. The molecule has 0 spiro atoms. The van der Waals surface area contributed by atoms with Crippen LogP contribution in [0.2, 0.25) is 0 Å². The fourth-order valence-corrected chi connectivity index (χ4v) is 2.74. The molecule has 0 aromatic heterocycles. The minimum Gasteiger partial charge on any atom is -0.396 e. The van der Waals surface area contributed by atoms with Gasteiger partial charge in [0.05, 0.1) is 0 Å². The van der Waals surface area contributed by atoms with Gasteiger partial charge in [-0.3, -0.25) is 0 Å². The molecule has 0 heterocycles. The van der Waals surface area contributed by atoms with E-state index in [4.69, 9.17) is 0 Å². The van der Waals surface area contributed by atoms with Gasteiger partial charge in [0.25, 0.3) is 0 Å². The summed E-state index contributed by atoms with van der Waals surface area (Å²) >= 11 is 0. The molecule has 0 aromatic carbocycles. The van der Waals surface area contributed by atoms with Crippen molar-refractivity contribution in [2.24, 2.45) is 11.3 Å². The Hall–Kier alpha value is -0.0800. The summed E-state index contributed by atoms with van der Waals surface area (Å²) in [6.45, 7) is 6.72. The minimum absolute atomic E-state index is 0.0430. The van der Waals surface area contributed by atoms with Gasteiger partial charge in [0.2, 0.25) is 0 Å². The molecule has 1 N–H and O–H groups in total. The molecular weight excluding hydrogens is 198 g/mol. The summed E-state index contributed by atoms with van der Waals surface area (Å²) in [7, 11) is 2.18. The predicted molar refractivity (Wildman–Crippen MR) is 69.6 cm³/mol. The number of hydrogen-bond acceptors (Lipinski definition) is 2. The molecule has 0 bridgehead atoms. The van der Waals surface area contributed by atoms with Gasteiger partial charge < -0.3 is 10.0 Å². The molecule has 0 saturated heterocycles. The van der Waals surface area contributed by atoms with E-state index in [0.29, 0.717) is 0 Å². The maximum atomic E-state index is 9.23.